The molecule has 1 aromatic rings. The van der Waals surface area contributed by atoms with Crippen molar-refractivity contribution in [3.63, 3.8) is 0 Å². The quantitative estimate of drug-likeness (QED) is 0.195. The van der Waals surface area contributed by atoms with E-state index >= 15 is 0 Å². The minimum atomic E-state index is -2.06. The second-order valence-electron chi connectivity index (χ2n) is 6.27. The summed E-state index contributed by atoms with van der Waals surface area (Å²) in [6.07, 6.45) is 0. The number of benzene rings is 1. The Morgan fingerprint density at radius 2 is 2.00 bits per heavy atom. The number of methoxy groups -OCH3 is 1. The van der Waals surface area contributed by atoms with Crippen molar-refractivity contribution < 1.29 is 28.4 Å². The topological polar surface area (TPSA) is 108 Å². The van der Waals surface area contributed by atoms with Crippen LogP contribution in [0.4, 0.5) is 0 Å². The Hall–Kier alpha value is -1.94. The Morgan fingerprint density at radius 3 is 2.48 bits per heavy atom. The molecular weight excluding hydrogens is 443 g/mol. The second kappa shape index (κ2) is 10.2. The molecule has 2 amide bonds. The largest absolute Gasteiger partial charge is 0.597 e. The SMILES string of the molecule is C=C(C)C(C(=O)OCc1ccc(OC)cc1)N1C(=O)C(NC(=O)CCl)C1[S+]([O-])Cl. The summed E-state index contributed by atoms with van der Waals surface area (Å²) in [7, 11) is 5.19. The van der Waals surface area contributed by atoms with Gasteiger partial charge in [-0.1, -0.05) is 18.7 Å². The lowest BCUT2D eigenvalue weighted by Gasteiger charge is -2.46. The summed E-state index contributed by atoms with van der Waals surface area (Å²) in [5.41, 5.74) is 1.01. The summed E-state index contributed by atoms with van der Waals surface area (Å²) in [4.78, 5) is 37.7. The van der Waals surface area contributed by atoms with Crippen molar-refractivity contribution in [2.75, 3.05) is 13.0 Å². The van der Waals surface area contributed by atoms with Gasteiger partial charge in [-0.05, 0) is 30.2 Å². The summed E-state index contributed by atoms with van der Waals surface area (Å²) >= 11 is 5.43. The molecule has 29 heavy (non-hydrogen) atoms. The van der Waals surface area contributed by atoms with Crippen molar-refractivity contribution >= 4 is 50.5 Å². The van der Waals surface area contributed by atoms with Gasteiger partial charge in [0.2, 0.25) is 11.3 Å². The molecule has 158 valence electrons. The van der Waals surface area contributed by atoms with Gasteiger partial charge in [0.1, 0.15) is 18.2 Å². The summed E-state index contributed by atoms with van der Waals surface area (Å²) in [5.74, 6) is -1.72. The number of nitrogens with one attached hydrogen (secondary N) is 1. The highest BCUT2D eigenvalue weighted by atomic mass is 35.7. The van der Waals surface area contributed by atoms with Crippen LogP contribution in [-0.4, -0.2) is 57.7 Å². The van der Waals surface area contributed by atoms with Gasteiger partial charge in [-0.3, -0.25) is 14.5 Å². The highest BCUT2D eigenvalue weighted by Crippen LogP contribution is 2.32. The van der Waals surface area contributed by atoms with Crippen LogP contribution in [0, 0.1) is 0 Å². The monoisotopic (exact) mass is 462 g/mol. The van der Waals surface area contributed by atoms with Crippen molar-refractivity contribution in [2.45, 2.75) is 31.0 Å². The molecule has 4 unspecified atom stereocenters. The number of carbonyl (C=O) groups is 3. The number of carbonyl (C=O) groups excluding carboxylic acids is 3. The standard InChI is InChI=1S/C18H20Cl2N2O6S/c1-10(2)15(18(25)28-9-11-4-6-12(27-3)7-5-11)22-16(24)14(17(22)29(20)26)21-13(23)8-19/h4-7,14-15,17H,1,8-9H2,2-3H3,(H,21,23). The molecule has 8 nitrogen and oxygen atoms in total. The molecule has 0 radical (unpaired) electrons. The third-order valence-electron chi connectivity index (χ3n) is 4.22. The number of amides is 2. The van der Waals surface area contributed by atoms with Crippen LogP contribution in [0.5, 0.6) is 5.75 Å². The molecule has 4 atom stereocenters. The normalized spacial score (nSPS) is 20.3. The van der Waals surface area contributed by atoms with E-state index in [-0.39, 0.29) is 12.5 Å². The van der Waals surface area contributed by atoms with Crippen molar-refractivity contribution in [3.8, 4) is 5.75 Å². The lowest BCUT2D eigenvalue weighted by molar-refractivity contribution is -0.163. The van der Waals surface area contributed by atoms with E-state index < -0.39 is 45.6 Å². The van der Waals surface area contributed by atoms with Gasteiger partial charge < -0.3 is 19.3 Å². The second-order valence-corrected chi connectivity index (χ2v) is 8.43. The number of hydrogen-bond donors (Lipinski definition) is 1. The molecule has 1 aromatic carbocycles. The van der Waals surface area contributed by atoms with Crippen LogP contribution in [0.15, 0.2) is 36.4 Å². The molecule has 1 fully saturated rings. The number of β-lactam (4-membered cyclic amide) rings is 1. The molecular formula is C18H20Cl2N2O6S. The van der Waals surface area contributed by atoms with Gasteiger partial charge in [0.25, 0.3) is 5.91 Å². The number of likely N-dealkylation sites (tertiary alicyclic amines) is 1. The average molecular weight is 463 g/mol. The van der Waals surface area contributed by atoms with E-state index in [1.807, 2.05) is 0 Å². The van der Waals surface area contributed by atoms with E-state index in [4.69, 9.17) is 31.8 Å². The first-order valence-corrected chi connectivity index (χ1v) is 11.0. The van der Waals surface area contributed by atoms with Crippen LogP contribution in [-0.2, 0) is 36.1 Å². The first-order valence-electron chi connectivity index (χ1n) is 8.40. The summed E-state index contributed by atoms with van der Waals surface area (Å²) in [6, 6.07) is 4.55. The van der Waals surface area contributed by atoms with Gasteiger partial charge in [-0.2, -0.15) is 0 Å². The number of halogens is 2. The van der Waals surface area contributed by atoms with Gasteiger partial charge in [0, 0.05) is 0 Å². The highest BCUT2D eigenvalue weighted by molar-refractivity contribution is 8.14. The van der Waals surface area contributed by atoms with Crippen LogP contribution >= 0.6 is 22.3 Å². The molecule has 0 aliphatic carbocycles. The Bertz CT molecular complexity index is 789. The van der Waals surface area contributed by atoms with E-state index in [2.05, 4.69) is 11.9 Å². The molecule has 1 aliphatic heterocycles. The van der Waals surface area contributed by atoms with E-state index in [0.29, 0.717) is 16.9 Å². The van der Waals surface area contributed by atoms with Crippen molar-refractivity contribution in [2.24, 2.45) is 0 Å². The van der Waals surface area contributed by atoms with Crippen LogP contribution in [0.25, 0.3) is 0 Å². The number of nitrogens with zero attached hydrogens (tertiary/aromatic N) is 1. The Morgan fingerprint density at radius 1 is 1.38 bits per heavy atom. The predicted molar refractivity (Wildman–Crippen MR) is 109 cm³/mol. The molecule has 1 saturated heterocycles. The van der Waals surface area contributed by atoms with E-state index in [0.717, 1.165) is 4.90 Å². The van der Waals surface area contributed by atoms with E-state index in [9.17, 15) is 18.9 Å². The van der Waals surface area contributed by atoms with Crippen LogP contribution in [0.3, 0.4) is 0 Å². The Labute approximate surface area is 180 Å². The van der Waals surface area contributed by atoms with E-state index in [1.165, 1.54) is 14.0 Å². The van der Waals surface area contributed by atoms with Gasteiger partial charge in [0.15, 0.2) is 22.8 Å². The maximum absolute atomic E-state index is 12.7. The number of hydrogen-bond acceptors (Lipinski definition) is 6. The van der Waals surface area contributed by atoms with Crippen molar-refractivity contribution in [1.82, 2.24) is 10.2 Å². The van der Waals surface area contributed by atoms with E-state index in [1.54, 1.807) is 24.3 Å². The molecule has 2 rings (SSSR count). The Balaban J connectivity index is 2.12. The van der Waals surface area contributed by atoms with Crippen LogP contribution in [0.1, 0.15) is 12.5 Å². The van der Waals surface area contributed by atoms with Gasteiger partial charge in [-0.25, -0.2) is 4.79 Å². The third-order valence-corrected chi connectivity index (χ3v) is 5.89. The minimum Gasteiger partial charge on any atom is -0.597 e. The summed E-state index contributed by atoms with van der Waals surface area (Å²) in [6.45, 7) is 5.21. The number of esters is 1. The summed E-state index contributed by atoms with van der Waals surface area (Å²) < 4.78 is 22.3. The molecule has 1 heterocycles. The zero-order valence-electron chi connectivity index (χ0n) is 15.7. The van der Waals surface area contributed by atoms with Gasteiger partial charge in [0.05, 0.1) is 17.5 Å². The lowest BCUT2D eigenvalue weighted by Crippen LogP contribution is -2.75. The summed E-state index contributed by atoms with van der Waals surface area (Å²) in [5, 5.41) is 1.23. The average Bonchev–Trinajstić information content (AvgIpc) is 2.70. The van der Waals surface area contributed by atoms with Crippen molar-refractivity contribution in [1.29, 1.82) is 0 Å². The van der Waals surface area contributed by atoms with Crippen LogP contribution in [0.2, 0.25) is 0 Å². The highest BCUT2D eigenvalue weighted by Gasteiger charge is 2.60. The van der Waals surface area contributed by atoms with Crippen LogP contribution < -0.4 is 10.1 Å². The Kier molecular flexibility index (Phi) is 8.21. The number of alkyl halides is 1. The maximum Gasteiger partial charge on any atom is 0.333 e. The van der Waals surface area contributed by atoms with Gasteiger partial charge in [-0.15, -0.1) is 11.6 Å². The first kappa shape index (κ1) is 23.3. The zero-order chi connectivity index (χ0) is 21.7. The zero-order valence-corrected chi connectivity index (χ0v) is 18.1. The van der Waals surface area contributed by atoms with Crippen molar-refractivity contribution in [3.05, 3.63) is 42.0 Å². The lowest BCUT2D eigenvalue weighted by atomic mass is 9.99. The first-order chi connectivity index (χ1) is 13.7. The smallest absolute Gasteiger partial charge is 0.333 e. The fourth-order valence-corrected chi connectivity index (χ4v) is 4.26. The fraction of sp³-hybridized carbons (Fsp3) is 0.389. The number of ether oxygens (including phenoxy) is 2. The molecule has 1 N–H and O–H groups in total. The molecule has 0 spiro atoms. The molecule has 0 bridgehead atoms. The fourth-order valence-electron chi connectivity index (χ4n) is 2.81. The molecule has 1 aliphatic rings. The molecule has 11 heteroatoms. The number of rotatable bonds is 9. The molecule has 0 aromatic heterocycles. The minimum absolute atomic E-state index is 0.0460. The predicted octanol–water partition coefficient (Wildman–Crippen LogP) is 1.48. The maximum atomic E-state index is 12.7. The third kappa shape index (κ3) is 5.36. The van der Waals surface area contributed by atoms with Gasteiger partial charge >= 0.3 is 5.97 Å². The molecule has 0 saturated carbocycles.